The van der Waals surface area contributed by atoms with Crippen molar-refractivity contribution < 1.29 is 18.8 Å². The van der Waals surface area contributed by atoms with E-state index >= 15 is 0 Å². The lowest BCUT2D eigenvalue weighted by Gasteiger charge is -1.99. The van der Waals surface area contributed by atoms with Crippen LogP contribution in [0, 0.1) is 0 Å². The number of rotatable bonds is 5. The third-order valence-electron chi connectivity index (χ3n) is 3.22. The summed E-state index contributed by atoms with van der Waals surface area (Å²) in [6.07, 6.45) is 1.97. The van der Waals surface area contributed by atoms with Gasteiger partial charge in [0.15, 0.2) is 23.0 Å². The zero-order chi connectivity index (χ0) is 14.7. The first kappa shape index (κ1) is 13.5. The van der Waals surface area contributed by atoms with Crippen molar-refractivity contribution in [2.24, 2.45) is 0 Å². The maximum atomic E-state index is 11.9. The SMILES string of the molecule is CCCCNC(=O)c1cc(-c2ccc3c(c2)OCO3)on1. The zero-order valence-corrected chi connectivity index (χ0v) is 11.7. The van der Waals surface area contributed by atoms with E-state index in [2.05, 4.69) is 17.4 Å². The topological polar surface area (TPSA) is 73.6 Å². The van der Waals surface area contributed by atoms with Gasteiger partial charge in [-0.05, 0) is 24.6 Å². The number of aromatic nitrogens is 1. The Kier molecular flexibility index (Phi) is 3.77. The summed E-state index contributed by atoms with van der Waals surface area (Å²) in [4.78, 5) is 11.9. The number of carbonyl (C=O) groups is 1. The molecule has 1 N–H and O–H groups in total. The zero-order valence-electron chi connectivity index (χ0n) is 11.7. The lowest BCUT2D eigenvalue weighted by molar-refractivity contribution is 0.0944. The summed E-state index contributed by atoms with van der Waals surface area (Å²) in [5.74, 6) is 1.67. The monoisotopic (exact) mass is 288 g/mol. The summed E-state index contributed by atoms with van der Waals surface area (Å²) >= 11 is 0. The van der Waals surface area contributed by atoms with Crippen molar-refractivity contribution in [2.75, 3.05) is 13.3 Å². The van der Waals surface area contributed by atoms with Crippen molar-refractivity contribution in [3.8, 4) is 22.8 Å². The molecule has 6 heteroatoms. The summed E-state index contributed by atoms with van der Waals surface area (Å²) < 4.78 is 15.8. The predicted octanol–water partition coefficient (Wildman–Crippen LogP) is 2.60. The number of benzene rings is 1. The van der Waals surface area contributed by atoms with Crippen LogP contribution >= 0.6 is 0 Å². The van der Waals surface area contributed by atoms with Gasteiger partial charge in [0.25, 0.3) is 5.91 Å². The Morgan fingerprint density at radius 2 is 2.14 bits per heavy atom. The second-order valence-corrected chi connectivity index (χ2v) is 4.75. The van der Waals surface area contributed by atoms with Crippen LogP contribution in [0.15, 0.2) is 28.8 Å². The number of hydrogen-bond donors (Lipinski definition) is 1. The van der Waals surface area contributed by atoms with Crippen LogP contribution in [-0.2, 0) is 0 Å². The third kappa shape index (κ3) is 2.84. The van der Waals surface area contributed by atoms with Crippen LogP contribution in [0.1, 0.15) is 30.3 Å². The van der Waals surface area contributed by atoms with E-state index in [-0.39, 0.29) is 18.4 Å². The number of ether oxygens (including phenoxy) is 2. The minimum Gasteiger partial charge on any atom is -0.454 e. The molecule has 21 heavy (non-hydrogen) atoms. The first-order valence-electron chi connectivity index (χ1n) is 6.93. The Bertz CT molecular complexity index is 651. The molecule has 1 aliphatic heterocycles. The van der Waals surface area contributed by atoms with Gasteiger partial charge in [-0.15, -0.1) is 0 Å². The first-order chi connectivity index (χ1) is 10.3. The quantitative estimate of drug-likeness (QED) is 0.856. The summed E-state index contributed by atoms with van der Waals surface area (Å²) in [5.41, 5.74) is 1.07. The van der Waals surface area contributed by atoms with E-state index < -0.39 is 0 Å². The van der Waals surface area contributed by atoms with E-state index in [1.54, 1.807) is 12.1 Å². The molecule has 0 saturated heterocycles. The van der Waals surface area contributed by atoms with Gasteiger partial charge in [-0.1, -0.05) is 18.5 Å². The van der Waals surface area contributed by atoms with Crippen LogP contribution in [0.25, 0.3) is 11.3 Å². The predicted molar refractivity (Wildman–Crippen MR) is 75.3 cm³/mol. The molecule has 1 aromatic carbocycles. The van der Waals surface area contributed by atoms with Gasteiger partial charge in [0.1, 0.15) is 0 Å². The molecule has 0 fully saturated rings. The maximum absolute atomic E-state index is 11.9. The van der Waals surface area contributed by atoms with E-state index in [1.165, 1.54) is 0 Å². The number of unbranched alkanes of at least 4 members (excludes halogenated alkanes) is 1. The van der Waals surface area contributed by atoms with E-state index in [1.807, 2.05) is 12.1 Å². The van der Waals surface area contributed by atoms with E-state index in [0.717, 1.165) is 18.4 Å². The molecule has 1 aromatic heterocycles. The Morgan fingerprint density at radius 1 is 1.29 bits per heavy atom. The highest BCUT2D eigenvalue weighted by Gasteiger charge is 2.17. The minimum absolute atomic E-state index is 0.222. The molecule has 2 aromatic rings. The van der Waals surface area contributed by atoms with Crippen molar-refractivity contribution in [3.05, 3.63) is 30.0 Å². The standard InChI is InChI=1S/C15H16N2O4/c1-2-3-6-16-15(18)11-8-13(21-17-11)10-4-5-12-14(7-10)20-9-19-12/h4-5,7-8H,2-3,6,9H2,1H3,(H,16,18). The van der Waals surface area contributed by atoms with Gasteiger partial charge < -0.3 is 19.3 Å². The number of hydrogen-bond acceptors (Lipinski definition) is 5. The van der Waals surface area contributed by atoms with Gasteiger partial charge in [-0.2, -0.15) is 0 Å². The third-order valence-corrected chi connectivity index (χ3v) is 3.22. The largest absolute Gasteiger partial charge is 0.454 e. The van der Waals surface area contributed by atoms with E-state index in [0.29, 0.717) is 23.8 Å². The highest BCUT2D eigenvalue weighted by Crippen LogP contribution is 2.35. The molecule has 0 bridgehead atoms. The molecule has 0 unspecified atom stereocenters. The van der Waals surface area contributed by atoms with Crippen LogP contribution in [0.5, 0.6) is 11.5 Å². The fourth-order valence-corrected chi connectivity index (χ4v) is 2.04. The average molecular weight is 288 g/mol. The van der Waals surface area contributed by atoms with Crippen LogP contribution in [-0.4, -0.2) is 24.4 Å². The van der Waals surface area contributed by atoms with Gasteiger partial charge in [0.05, 0.1) is 0 Å². The molecule has 0 atom stereocenters. The van der Waals surface area contributed by atoms with Crippen molar-refractivity contribution in [3.63, 3.8) is 0 Å². The van der Waals surface area contributed by atoms with Crippen molar-refractivity contribution in [1.82, 2.24) is 10.5 Å². The summed E-state index contributed by atoms with van der Waals surface area (Å²) in [5, 5.41) is 6.61. The van der Waals surface area contributed by atoms with Crippen molar-refractivity contribution in [2.45, 2.75) is 19.8 Å². The average Bonchev–Trinajstić information content (AvgIpc) is 3.15. The molecule has 1 aliphatic rings. The van der Waals surface area contributed by atoms with Gasteiger partial charge in [0, 0.05) is 18.2 Å². The van der Waals surface area contributed by atoms with Crippen molar-refractivity contribution in [1.29, 1.82) is 0 Å². The van der Waals surface area contributed by atoms with Gasteiger partial charge >= 0.3 is 0 Å². The number of nitrogens with one attached hydrogen (secondary N) is 1. The number of nitrogens with zero attached hydrogens (tertiary/aromatic N) is 1. The summed E-state index contributed by atoms with van der Waals surface area (Å²) in [6.45, 7) is 2.93. The van der Waals surface area contributed by atoms with Crippen LogP contribution in [0.4, 0.5) is 0 Å². The molecule has 0 saturated carbocycles. The number of carbonyl (C=O) groups excluding carboxylic acids is 1. The van der Waals surface area contributed by atoms with E-state index in [9.17, 15) is 4.79 Å². The summed E-state index contributed by atoms with van der Waals surface area (Å²) in [6, 6.07) is 7.08. The van der Waals surface area contributed by atoms with E-state index in [4.69, 9.17) is 14.0 Å². The van der Waals surface area contributed by atoms with Crippen LogP contribution in [0.2, 0.25) is 0 Å². The molecule has 2 heterocycles. The fraction of sp³-hybridized carbons (Fsp3) is 0.333. The highest BCUT2D eigenvalue weighted by atomic mass is 16.7. The number of fused-ring (bicyclic) bond motifs is 1. The van der Waals surface area contributed by atoms with Crippen LogP contribution in [0.3, 0.4) is 0 Å². The second-order valence-electron chi connectivity index (χ2n) is 4.75. The maximum Gasteiger partial charge on any atom is 0.273 e. The number of amides is 1. The normalized spacial score (nSPS) is 12.4. The molecule has 1 amide bonds. The van der Waals surface area contributed by atoms with Gasteiger partial charge in [-0.3, -0.25) is 4.79 Å². The smallest absolute Gasteiger partial charge is 0.273 e. The Labute approximate surface area is 122 Å². The minimum atomic E-state index is -0.223. The van der Waals surface area contributed by atoms with Crippen LogP contribution < -0.4 is 14.8 Å². The lowest BCUT2D eigenvalue weighted by atomic mass is 10.1. The molecule has 0 aliphatic carbocycles. The molecule has 0 spiro atoms. The Balaban J connectivity index is 1.74. The molecule has 6 nitrogen and oxygen atoms in total. The molecule has 110 valence electrons. The molecule has 3 rings (SSSR count). The Hall–Kier alpha value is -2.50. The Morgan fingerprint density at radius 3 is 3.00 bits per heavy atom. The van der Waals surface area contributed by atoms with Gasteiger partial charge in [0.2, 0.25) is 6.79 Å². The highest BCUT2D eigenvalue weighted by molar-refractivity contribution is 5.93. The lowest BCUT2D eigenvalue weighted by Crippen LogP contribution is -2.24. The first-order valence-corrected chi connectivity index (χ1v) is 6.93. The molecular formula is C15H16N2O4. The molecule has 0 radical (unpaired) electrons. The van der Waals surface area contributed by atoms with Gasteiger partial charge in [-0.25, -0.2) is 0 Å². The second kappa shape index (κ2) is 5.87. The fourth-order valence-electron chi connectivity index (χ4n) is 2.04. The van der Waals surface area contributed by atoms with Crippen molar-refractivity contribution >= 4 is 5.91 Å². The molecular weight excluding hydrogens is 272 g/mol. The summed E-state index contributed by atoms with van der Waals surface area (Å²) in [7, 11) is 0.